The number of hydrogen-bond acceptors (Lipinski definition) is 7. The van der Waals surface area contributed by atoms with E-state index in [2.05, 4.69) is 4.98 Å². The summed E-state index contributed by atoms with van der Waals surface area (Å²) in [5.41, 5.74) is 7.89. The third-order valence-electron chi connectivity index (χ3n) is 5.75. The zero-order chi connectivity index (χ0) is 24.6. The van der Waals surface area contributed by atoms with Gasteiger partial charge in [0.25, 0.3) is 5.91 Å². The van der Waals surface area contributed by atoms with Crippen LogP contribution in [0.3, 0.4) is 0 Å². The molecule has 0 bridgehead atoms. The van der Waals surface area contributed by atoms with Gasteiger partial charge >= 0.3 is 0 Å². The summed E-state index contributed by atoms with van der Waals surface area (Å²) in [5, 5.41) is 9.89. The fourth-order valence-corrected chi connectivity index (χ4v) is 4.74. The Labute approximate surface area is 196 Å². The van der Waals surface area contributed by atoms with Gasteiger partial charge in [-0.3, -0.25) is 4.79 Å². The molecule has 0 fully saturated rings. The molecule has 2 heterocycles. The largest absolute Gasteiger partial charge is 0.504 e. The quantitative estimate of drug-likeness (QED) is 0.582. The lowest BCUT2D eigenvalue weighted by Crippen LogP contribution is -2.33. The van der Waals surface area contributed by atoms with E-state index in [1.807, 2.05) is 12.1 Å². The van der Waals surface area contributed by atoms with Crippen LogP contribution >= 0.6 is 0 Å². The SMILES string of the molecule is CCc1c(C(=O)N2CCOc3ccc(-c4cnc(N)c(O)c4)cc3C2)ccc(S(C)(=O)=O)c1F. The van der Waals surface area contributed by atoms with Gasteiger partial charge in [0.1, 0.15) is 23.1 Å². The number of anilines is 1. The van der Waals surface area contributed by atoms with Crippen LogP contribution in [0, 0.1) is 5.82 Å². The summed E-state index contributed by atoms with van der Waals surface area (Å²) in [4.78, 5) is 18.5. The lowest BCUT2D eigenvalue weighted by Gasteiger charge is -2.22. The van der Waals surface area contributed by atoms with E-state index in [9.17, 15) is 22.7 Å². The molecule has 0 saturated heterocycles. The van der Waals surface area contributed by atoms with Gasteiger partial charge in [0, 0.05) is 41.3 Å². The molecule has 3 N–H and O–H groups in total. The number of nitrogen functional groups attached to an aromatic ring is 1. The fourth-order valence-electron chi connectivity index (χ4n) is 3.97. The summed E-state index contributed by atoms with van der Waals surface area (Å²) < 4.78 is 44.6. The summed E-state index contributed by atoms with van der Waals surface area (Å²) in [6.45, 7) is 2.39. The van der Waals surface area contributed by atoms with E-state index in [0.717, 1.165) is 23.4 Å². The molecule has 178 valence electrons. The van der Waals surface area contributed by atoms with Crippen LogP contribution in [0.25, 0.3) is 11.1 Å². The van der Waals surface area contributed by atoms with Crippen molar-refractivity contribution in [3.8, 4) is 22.6 Å². The first kappa shape index (κ1) is 23.5. The van der Waals surface area contributed by atoms with E-state index in [1.54, 1.807) is 17.9 Å². The summed E-state index contributed by atoms with van der Waals surface area (Å²) >= 11 is 0. The second-order valence-corrected chi connectivity index (χ2v) is 10.0. The highest BCUT2D eigenvalue weighted by Crippen LogP contribution is 2.32. The second kappa shape index (κ2) is 8.94. The van der Waals surface area contributed by atoms with Crippen LogP contribution in [0.1, 0.15) is 28.4 Å². The number of carbonyl (C=O) groups is 1. The number of aromatic hydroxyl groups is 1. The van der Waals surface area contributed by atoms with E-state index in [0.29, 0.717) is 11.3 Å². The maximum absolute atomic E-state index is 15.0. The average Bonchev–Trinajstić information content (AvgIpc) is 3.01. The number of fused-ring (bicyclic) bond motifs is 1. The lowest BCUT2D eigenvalue weighted by atomic mass is 10.0. The van der Waals surface area contributed by atoms with Gasteiger partial charge in [-0.05, 0) is 42.3 Å². The molecule has 0 unspecified atom stereocenters. The molecule has 4 rings (SSSR count). The minimum absolute atomic E-state index is 0.0273. The Morgan fingerprint density at radius 2 is 2.00 bits per heavy atom. The van der Waals surface area contributed by atoms with Crippen molar-refractivity contribution in [1.82, 2.24) is 9.88 Å². The van der Waals surface area contributed by atoms with Crippen LogP contribution in [0.4, 0.5) is 10.2 Å². The number of pyridine rings is 1. The van der Waals surface area contributed by atoms with Gasteiger partial charge in [-0.2, -0.15) is 0 Å². The maximum atomic E-state index is 15.0. The number of hydrogen-bond donors (Lipinski definition) is 2. The molecule has 0 atom stereocenters. The van der Waals surface area contributed by atoms with Crippen LogP contribution < -0.4 is 10.5 Å². The molecule has 1 amide bonds. The Morgan fingerprint density at radius 1 is 1.24 bits per heavy atom. The minimum atomic E-state index is -3.77. The van der Waals surface area contributed by atoms with E-state index >= 15 is 0 Å². The summed E-state index contributed by atoms with van der Waals surface area (Å²) in [6, 6.07) is 9.44. The molecule has 1 aromatic heterocycles. The molecule has 0 aliphatic carbocycles. The van der Waals surface area contributed by atoms with Crippen LogP contribution in [-0.4, -0.2) is 48.7 Å². The van der Waals surface area contributed by atoms with Crippen LogP contribution in [-0.2, 0) is 22.8 Å². The first-order valence-electron chi connectivity index (χ1n) is 10.6. The molecule has 0 spiro atoms. The summed E-state index contributed by atoms with van der Waals surface area (Å²) in [5.74, 6) is -0.794. The van der Waals surface area contributed by atoms with Crippen molar-refractivity contribution in [1.29, 1.82) is 0 Å². The van der Waals surface area contributed by atoms with Gasteiger partial charge < -0.3 is 20.5 Å². The monoisotopic (exact) mass is 485 g/mol. The minimum Gasteiger partial charge on any atom is -0.504 e. The molecule has 2 aromatic carbocycles. The Morgan fingerprint density at radius 3 is 2.68 bits per heavy atom. The highest BCUT2D eigenvalue weighted by atomic mass is 32.2. The first-order chi connectivity index (χ1) is 16.1. The standard InChI is InChI=1S/C24H24FN3O5S/c1-3-17-18(5-7-21(22(17)25)34(2,31)32)24(30)28-8-9-33-20-6-4-14(10-16(20)13-28)15-11-19(29)23(26)27-12-15/h4-7,10-12,29H,3,8-9,13H2,1-2H3,(H2,26,27). The highest BCUT2D eigenvalue weighted by molar-refractivity contribution is 7.90. The second-order valence-electron chi connectivity index (χ2n) is 8.06. The van der Waals surface area contributed by atoms with Crippen molar-refractivity contribution in [2.75, 3.05) is 25.1 Å². The molecule has 0 radical (unpaired) electrons. The Hall–Kier alpha value is -3.66. The Kier molecular flexibility index (Phi) is 6.18. The molecule has 3 aromatic rings. The van der Waals surface area contributed by atoms with Gasteiger partial charge in [0.05, 0.1) is 6.54 Å². The van der Waals surface area contributed by atoms with Gasteiger partial charge in [-0.1, -0.05) is 13.0 Å². The Balaban J connectivity index is 1.69. The normalized spacial score (nSPS) is 13.7. The predicted molar refractivity (Wildman–Crippen MR) is 125 cm³/mol. The molecule has 0 saturated carbocycles. The number of amides is 1. The van der Waals surface area contributed by atoms with Crippen molar-refractivity contribution in [2.24, 2.45) is 0 Å². The molecule has 10 heteroatoms. The van der Waals surface area contributed by atoms with Gasteiger partial charge in [-0.15, -0.1) is 0 Å². The fraction of sp³-hybridized carbons (Fsp3) is 0.250. The summed E-state index contributed by atoms with van der Waals surface area (Å²) in [6.07, 6.45) is 2.63. The van der Waals surface area contributed by atoms with Crippen LogP contribution in [0.15, 0.2) is 47.5 Å². The molecule has 1 aliphatic rings. The number of carbonyl (C=O) groups excluding carboxylic acids is 1. The smallest absolute Gasteiger partial charge is 0.254 e. The van der Waals surface area contributed by atoms with E-state index in [-0.39, 0.29) is 48.8 Å². The number of benzene rings is 2. The highest BCUT2D eigenvalue weighted by Gasteiger charge is 2.27. The van der Waals surface area contributed by atoms with Crippen molar-refractivity contribution in [2.45, 2.75) is 24.8 Å². The van der Waals surface area contributed by atoms with E-state index < -0.39 is 26.5 Å². The predicted octanol–water partition coefficient (Wildman–Crippen LogP) is 3.18. The number of aromatic nitrogens is 1. The first-order valence-corrected chi connectivity index (χ1v) is 12.5. The third kappa shape index (κ3) is 4.41. The van der Waals surface area contributed by atoms with Crippen molar-refractivity contribution >= 4 is 21.6 Å². The lowest BCUT2D eigenvalue weighted by molar-refractivity contribution is 0.0731. The van der Waals surface area contributed by atoms with Gasteiger partial charge in [0.15, 0.2) is 21.4 Å². The zero-order valence-electron chi connectivity index (χ0n) is 18.7. The average molecular weight is 486 g/mol. The molecule has 8 nitrogen and oxygen atoms in total. The number of halogens is 1. The number of nitrogens with zero attached hydrogens (tertiary/aromatic N) is 2. The summed E-state index contributed by atoms with van der Waals surface area (Å²) in [7, 11) is -3.77. The van der Waals surface area contributed by atoms with Gasteiger partial charge in [0.2, 0.25) is 0 Å². The third-order valence-corrected chi connectivity index (χ3v) is 6.86. The van der Waals surface area contributed by atoms with Crippen LogP contribution in [0.2, 0.25) is 0 Å². The maximum Gasteiger partial charge on any atom is 0.254 e. The number of nitrogens with two attached hydrogens (primary N) is 1. The Bertz CT molecular complexity index is 1390. The molecular weight excluding hydrogens is 461 g/mol. The number of ether oxygens (including phenoxy) is 1. The van der Waals surface area contributed by atoms with Gasteiger partial charge in [-0.25, -0.2) is 17.8 Å². The van der Waals surface area contributed by atoms with Crippen molar-refractivity contribution in [3.05, 3.63) is 65.1 Å². The molecular formula is C24H24FN3O5S. The van der Waals surface area contributed by atoms with E-state index in [4.69, 9.17) is 10.5 Å². The van der Waals surface area contributed by atoms with Crippen LogP contribution in [0.5, 0.6) is 11.5 Å². The topological polar surface area (TPSA) is 123 Å². The van der Waals surface area contributed by atoms with E-state index in [1.165, 1.54) is 18.3 Å². The zero-order valence-corrected chi connectivity index (χ0v) is 19.5. The van der Waals surface area contributed by atoms with Crippen molar-refractivity contribution in [3.63, 3.8) is 0 Å². The number of sulfone groups is 1. The van der Waals surface area contributed by atoms with Crippen molar-refractivity contribution < 1.29 is 27.4 Å². The number of rotatable bonds is 4. The molecule has 34 heavy (non-hydrogen) atoms. The molecule has 1 aliphatic heterocycles.